The van der Waals surface area contributed by atoms with E-state index in [1.807, 2.05) is 38.1 Å². The van der Waals surface area contributed by atoms with Crippen molar-refractivity contribution in [1.82, 2.24) is 15.6 Å². The number of aromatic nitrogens is 1. The van der Waals surface area contributed by atoms with Crippen molar-refractivity contribution in [3.8, 4) is 5.88 Å². The first-order valence-electron chi connectivity index (χ1n) is 12.7. The lowest BCUT2D eigenvalue weighted by Gasteiger charge is -2.29. The van der Waals surface area contributed by atoms with E-state index in [4.69, 9.17) is 4.74 Å². The monoisotopic (exact) mass is 535 g/mol. The summed E-state index contributed by atoms with van der Waals surface area (Å²) in [5.74, 6) is -0.212. The maximum absolute atomic E-state index is 14.0. The minimum absolute atomic E-state index is 0.0180. The van der Waals surface area contributed by atoms with Gasteiger partial charge in [0, 0.05) is 49.2 Å². The molecule has 0 spiro atoms. The molecule has 208 valence electrons. The fraction of sp³-hybridized carbons (Fsp3) is 0.519. The van der Waals surface area contributed by atoms with Crippen LogP contribution in [0.25, 0.3) is 0 Å². The molecule has 11 heteroatoms. The van der Waals surface area contributed by atoms with Crippen molar-refractivity contribution in [2.75, 3.05) is 30.4 Å². The number of benzene rings is 1. The summed E-state index contributed by atoms with van der Waals surface area (Å²) >= 11 is 0. The molecule has 1 aliphatic heterocycles. The zero-order chi connectivity index (χ0) is 27.9. The zero-order valence-corrected chi connectivity index (χ0v) is 22.1. The second-order valence-corrected chi connectivity index (χ2v) is 9.94. The molecular formula is C27H36F3N5O3. The Labute approximate surface area is 221 Å². The molecule has 1 aromatic heterocycles. The molecule has 1 aromatic carbocycles. The van der Waals surface area contributed by atoms with Gasteiger partial charge in [-0.05, 0) is 55.5 Å². The summed E-state index contributed by atoms with van der Waals surface area (Å²) in [5.41, 5.74) is 1.55. The molecule has 0 bridgehead atoms. The standard InChI is InChI=1S/C27H36F3N5O3/c1-17(2)14-22(34-25(27(28,29)30)19-7-12-23(38-4)32-16-19)26(37)33-18(3)15-31-20-8-10-21(11-9-20)35-13-5-6-24(35)36/h7-12,16-18,22,25,31,34H,5-6,13-15H2,1-4H3,(H,33,37)/t18-,22-,25-/m0/s1. The number of pyridine rings is 1. The van der Waals surface area contributed by atoms with Crippen molar-refractivity contribution in [3.05, 3.63) is 48.2 Å². The molecule has 1 saturated heterocycles. The predicted octanol–water partition coefficient (Wildman–Crippen LogP) is 4.44. The molecule has 2 amide bonds. The van der Waals surface area contributed by atoms with Crippen LogP contribution in [0, 0.1) is 5.92 Å². The van der Waals surface area contributed by atoms with Crippen LogP contribution in [0.4, 0.5) is 24.5 Å². The molecule has 3 rings (SSSR count). The molecule has 0 saturated carbocycles. The van der Waals surface area contributed by atoms with Crippen LogP contribution in [0.15, 0.2) is 42.6 Å². The van der Waals surface area contributed by atoms with Gasteiger partial charge in [0.2, 0.25) is 17.7 Å². The summed E-state index contributed by atoms with van der Waals surface area (Å²) < 4.78 is 46.9. The second-order valence-electron chi connectivity index (χ2n) is 9.94. The van der Waals surface area contributed by atoms with Crippen LogP contribution in [0.1, 0.15) is 51.6 Å². The molecule has 1 fully saturated rings. The molecule has 2 heterocycles. The van der Waals surface area contributed by atoms with Crippen LogP contribution >= 0.6 is 0 Å². The van der Waals surface area contributed by atoms with E-state index < -0.39 is 24.2 Å². The fourth-order valence-corrected chi connectivity index (χ4v) is 4.33. The molecule has 2 aromatic rings. The third-order valence-electron chi connectivity index (χ3n) is 6.27. The van der Waals surface area contributed by atoms with Gasteiger partial charge in [-0.2, -0.15) is 13.2 Å². The number of hydrogen-bond donors (Lipinski definition) is 3. The summed E-state index contributed by atoms with van der Waals surface area (Å²) in [6.07, 6.45) is -1.90. The van der Waals surface area contributed by atoms with Gasteiger partial charge in [0.15, 0.2) is 0 Å². The molecule has 0 radical (unpaired) electrons. The summed E-state index contributed by atoms with van der Waals surface area (Å²) in [5, 5.41) is 8.57. The van der Waals surface area contributed by atoms with E-state index >= 15 is 0 Å². The maximum atomic E-state index is 14.0. The Morgan fingerprint density at radius 1 is 1.13 bits per heavy atom. The normalized spacial score (nSPS) is 16.3. The van der Waals surface area contributed by atoms with E-state index in [9.17, 15) is 22.8 Å². The number of ether oxygens (including phenoxy) is 1. The number of alkyl halides is 3. The van der Waals surface area contributed by atoms with Crippen molar-refractivity contribution < 1.29 is 27.5 Å². The van der Waals surface area contributed by atoms with Gasteiger partial charge >= 0.3 is 6.18 Å². The second kappa shape index (κ2) is 12.9. The summed E-state index contributed by atoms with van der Waals surface area (Å²) in [7, 11) is 1.38. The fourth-order valence-electron chi connectivity index (χ4n) is 4.33. The number of rotatable bonds is 12. The van der Waals surface area contributed by atoms with Crippen molar-refractivity contribution in [2.45, 2.75) is 64.3 Å². The zero-order valence-electron chi connectivity index (χ0n) is 22.1. The largest absolute Gasteiger partial charge is 0.481 e. The number of methoxy groups -OCH3 is 1. The van der Waals surface area contributed by atoms with Gasteiger partial charge in [0.25, 0.3) is 0 Å². The van der Waals surface area contributed by atoms with Gasteiger partial charge in [-0.25, -0.2) is 4.98 Å². The highest BCUT2D eigenvalue weighted by Crippen LogP contribution is 2.34. The van der Waals surface area contributed by atoms with Crippen LogP contribution in [0.5, 0.6) is 5.88 Å². The number of nitrogens with one attached hydrogen (secondary N) is 3. The van der Waals surface area contributed by atoms with Gasteiger partial charge in [-0.3, -0.25) is 14.9 Å². The van der Waals surface area contributed by atoms with Crippen LogP contribution < -0.4 is 25.6 Å². The maximum Gasteiger partial charge on any atom is 0.407 e. The lowest BCUT2D eigenvalue weighted by Crippen LogP contribution is -2.52. The minimum Gasteiger partial charge on any atom is -0.481 e. The summed E-state index contributed by atoms with van der Waals surface area (Å²) in [6, 6.07) is 6.60. The third-order valence-corrected chi connectivity index (χ3v) is 6.27. The van der Waals surface area contributed by atoms with E-state index in [0.717, 1.165) is 24.0 Å². The molecular weight excluding hydrogens is 499 g/mol. The van der Waals surface area contributed by atoms with E-state index in [0.29, 0.717) is 19.5 Å². The van der Waals surface area contributed by atoms with Gasteiger partial charge in [-0.15, -0.1) is 0 Å². The lowest BCUT2D eigenvalue weighted by atomic mass is 10.00. The van der Waals surface area contributed by atoms with Crippen molar-refractivity contribution >= 4 is 23.2 Å². The van der Waals surface area contributed by atoms with Gasteiger partial charge in [-0.1, -0.05) is 19.9 Å². The number of anilines is 2. The Kier molecular flexibility index (Phi) is 9.96. The average molecular weight is 536 g/mol. The molecule has 0 aliphatic carbocycles. The Morgan fingerprint density at radius 3 is 2.37 bits per heavy atom. The smallest absolute Gasteiger partial charge is 0.407 e. The number of carbonyl (C=O) groups is 2. The molecule has 1 aliphatic rings. The van der Waals surface area contributed by atoms with E-state index in [1.165, 1.54) is 19.2 Å². The van der Waals surface area contributed by atoms with Crippen LogP contribution in [-0.2, 0) is 9.59 Å². The summed E-state index contributed by atoms with van der Waals surface area (Å²) in [6.45, 7) is 6.56. The molecule has 38 heavy (non-hydrogen) atoms. The Balaban J connectivity index is 1.61. The number of hydrogen-bond acceptors (Lipinski definition) is 6. The van der Waals surface area contributed by atoms with Crippen molar-refractivity contribution in [3.63, 3.8) is 0 Å². The molecule has 3 N–H and O–H groups in total. The summed E-state index contributed by atoms with van der Waals surface area (Å²) in [4.78, 5) is 30.6. The number of carbonyl (C=O) groups excluding carboxylic acids is 2. The van der Waals surface area contributed by atoms with Crippen molar-refractivity contribution in [1.29, 1.82) is 0 Å². The van der Waals surface area contributed by atoms with Crippen LogP contribution in [0.3, 0.4) is 0 Å². The highest BCUT2D eigenvalue weighted by Gasteiger charge is 2.43. The third kappa shape index (κ3) is 8.08. The molecule has 3 atom stereocenters. The quantitative estimate of drug-likeness (QED) is 0.372. The molecule has 0 unspecified atom stereocenters. The van der Waals surface area contributed by atoms with Crippen LogP contribution in [-0.4, -0.2) is 55.3 Å². The Morgan fingerprint density at radius 2 is 1.84 bits per heavy atom. The SMILES string of the molecule is COc1ccc([C@H](N[C@@H](CC(C)C)C(=O)N[C@@H](C)CNc2ccc(N3CCCC3=O)cc2)C(F)(F)F)cn1. The Hall–Kier alpha value is -3.34. The van der Waals surface area contributed by atoms with E-state index in [1.54, 1.807) is 11.8 Å². The number of halogens is 3. The highest BCUT2D eigenvalue weighted by atomic mass is 19.4. The predicted molar refractivity (Wildman–Crippen MR) is 140 cm³/mol. The van der Waals surface area contributed by atoms with Gasteiger partial charge in [0.05, 0.1) is 13.2 Å². The lowest BCUT2D eigenvalue weighted by molar-refractivity contribution is -0.161. The van der Waals surface area contributed by atoms with E-state index in [-0.39, 0.29) is 35.7 Å². The number of amides is 2. The highest BCUT2D eigenvalue weighted by molar-refractivity contribution is 5.95. The van der Waals surface area contributed by atoms with Crippen LogP contribution in [0.2, 0.25) is 0 Å². The van der Waals surface area contributed by atoms with E-state index in [2.05, 4.69) is 20.9 Å². The first-order chi connectivity index (χ1) is 18.0. The van der Waals surface area contributed by atoms with Gasteiger partial charge in [0.1, 0.15) is 6.04 Å². The topological polar surface area (TPSA) is 95.6 Å². The first-order valence-corrected chi connectivity index (χ1v) is 12.7. The average Bonchev–Trinajstić information content (AvgIpc) is 3.30. The Bertz CT molecular complexity index is 1060. The minimum atomic E-state index is -4.63. The molecule has 8 nitrogen and oxygen atoms in total. The van der Waals surface area contributed by atoms with Crippen molar-refractivity contribution in [2.24, 2.45) is 5.92 Å². The van der Waals surface area contributed by atoms with Gasteiger partial charge < -0.3 is 20.3 Å². The first kappa shape index (κ1) is 29.2. The number of nitrogens with zero attached hydrogens (tertiary/aromatic N) is 2.